The second-order valence-corrected chi connectivity index (χ2v) is 6.81. The summed E-state index contributed by atoms with van der Waals surface area (Å²) in [4.78, 5) is 19.8. The van der Waals surface area contributed by atoms with E-state index in [0.717, 1.165) is 47.5 Å². The number of carboxylic acids is 1. The first-order chi connectivity index (χ1) is 12.1. The highest BCUT2D eigenvalue weighted by Crippen LogP contribution is 2.32. The molecule has 1 saturated heterocycles. The van der Waals surface area contributed by atoms with Gasteiger partial charge in [0.05, 0.1) is 23.5 Å². The Bertz CT molecular complexity index is 804. The minimum absolute atomic E-state index is 0.0404. The van der Waals surface area contributed by atoms with E-state index in [0.29, 0.717) is 12.5 Å². The van der Waals surface area contributed by atoms with Crippen LogP contribution in [0.5, 0.6) is 5.75 Å². The lowest BCUT2D eigenvalue weighted by molar-refractivity contribution is -0.139. The van der Waals surface area contributed by atoms with Crippen molar-refractivity contribution in [1.29, 1.82) is 0 Å². The van der Waals surface area contributed by atoms with Gasteiger partial charge in [0.2, 0.25) is 0 Å². The topological polar surface area (TPSA) is 84.3 Å². The van der Waals surface area contributed by atoms with Crippen molar-refractivity contribution >= 4 is 5.97 Å². The van der Waals surface area contributed by atoms with E-state index in [1.54, 1.807) is 6.33 Å². The molecule has 0 radical (unpaired) electrons. The first-order valence-electron chi connectivity index (χ1n) is 8.68. The maximum atomic E-state index is 11.1. The molecule has 6 heteroatoms. The Morgan fingerprint density at radius 1 is 1.20 bits per heavy atom. The van der Waals surface area contributed by atoms with Gasteiger partial charge in [-0.15, -0.1) is 0 Å². The molecule has 25 heavy (non-hydrogen) atoms. The van der Waals surface area contributed by atoms with Gasteiger partial charge in [0.15, 0.2) is 0 Å². The van der Waals surface area contributed by atoms with Gasteiger partial charge in [-0.25, -0.2) is 9.97 Å². The lowest BCUT2D eigenvalue weighted by atomic mass is 10.1. The van der Waals surface area contributed by atoms with E-state index < -0.39 is 12.0 Å². The van der Waals surface area contributed by atoms with Crippen molar-refractivity contribution in [2.45, 2.75) is 50.8 Å². The number of nitrogens with one attached hydrogen (secondary N) is 1. The number of benzene rings is 1. The maximum Gasteiger partial charge on any atom is 0.320 e. The van der Waals surface area contributed by atoms with E-state index in [1.807, 2.05) is 25.1 Å². The first kappa shape index (κ1) is 16.0. The highest BCUT2D eigenvalue weighted by molar-refractivity contribution is 5.74. The number of rotatable bonds is 5. The SMILES string of the molecule is Cc1cc(-c2cc(C3CCC(C(=O)O)N3)ncn2)ccc1OC1CC1. The smallest absolute Gasteiger partial charge is 0.320 e. The van der Waals surface area contributed by atoms with E-state index in [1.165, 1.54) is 0 Å². The molecule has 0 amide bonds. The molecule has 6 nitrogen and oxygen atoms in total. The van der Waals surface area contributed by atoms with Crippen molar-refractivity contribution in [2.75, 3.05) is 0 Å². The highest BCUT2D eigenvalue weighted by Gasteiger charge is 2.30. The first-order valence-corrected chi connectivity index (χ1v) is 8.68. The van der Waals surface area contributed by atoms with Crippen LogP contribution < -0.4 is 10.1 Å². The van der Waals surface area contributed by atoms with Crippen LogP contribution in [0.4, 0.5) is 0 Å². The van der Waals surface area contributed by atoms with Crippen LogP contribution in [0, 0.1) is 6.92 Å². The van der Waals surface area contributed by atoms with Gasteiger partial charge in [-0.05, 0) is 62.4 Å². The predicted octanol–water partition coefficient (Wildman–Crippen LogP) is 2.87. The highest BCUT2D eigenvalue weighted by atomic mass is 16.5. The number of carbonyl (C=O) groups is 1. The molecule has 2 fully saturated rings. The Hall–Kier alpha value is -2.47. The second kappa shape index (κ2) is 6.44. The number of ether oxygens (including phenoxy) is 1. The number of aromatic nitrogens is 2. The number of hydrogen-bond donors (Lipinski definition) is 2. The summed E-state index contributed by atoms with van der Waals surface area (Å²) in [6.07, 6.45) is 5.59. The van der Waals surface area contributed by atoms with Crippen LogP contribution in [0.1, 0.15) is 43.0 Å². The molecule has 1 aliphatic carbocycles. The molecule has 2 aliphatic rings. The Morgan fingerprint density at radius 2 is 2.04 bits per heavy atom. The van der Waals surface area contributed by atoms with Gasteiger partial charge in [-0.3, -0.25) is 10.1 Å². The molecule has 2 N–H and O–H groups in total. The minimum atomic E-state index is -0.807. The van der Waals surface area contributed by atoms with Crippen molar-refractivity contribution in [3.05, 3.63) is 41.9 Å². The van der Waals surface area contributed by atoms with Gasteiger partial charge in [-0.1, -0.05) is 0 Å². The van der Waals surface area contributed by atoms with Crippen LogP contribution in [0.25, 0.3) is 11.3 Å². The standard InChI is InChI=1S/C19H21N3O3/c1-11-8-12(2-7-18(11)25-13-3-4-13)16-9-17(21-10-20-16)14-5-6-15(22-14)19(23)24/h2,7-10,13-15,22H,3-6H2,1H3,(H,23,24). The average Bonchev–Trinajstić information content (AvgIpc) is 3.28. The molecule has 1 aromatic carbocycles. The number of aryl methyl sites for hydroxylation is 1. The molecule has 1 aromatic heterocycles. The predicted molar refractivity (Wildman–Crippen MR) is 92.4 cm³/mol. The Morgan fingerprint density at radius 3 is 2.72 bits per heavy atom. The fourth-order valence-electron chi connectivity index (χ4n) is 3.20. The molecule has 2 unspecified atom stereocenters. The Kier molecular flexibility index (Phi) is 4.13. The summed E-state index contributed by atoms with van der Waals surface area (Å²) in [5, 5.41) is 12.3. The van der Waals surface area contributed by atoms with Gasteiger partial charge in [0.1, 0.15) is 18.1 Å². The van der Waals surface area contributed by atoms with E-state index in [9.17, 15) is 4.79 Å². The van der Waals surface area contributed by atoms with Crippen LogP contribution >= 0.6 is 0 Å². The van der Waals surface area contributed by atoms with Crippen molar-refractivity contribution in [1.82, 2.24) is 15.3 Å². The number of carboxylic acid groups (broad SMARTS) is 1. The molecule has 1 aliphatic heterocycles. The van der Waals surface area contributed by atoms with Crippen LogP contribution in [-0.2, 0) is 4.79 Å². The van der Waals surface area contributed by atoms with Gasteiger partial charge in [-0.2, -0.15) is 0 Å². The lowest BCUT2D eigenvalue weighted by Gasteiger charge is -2.13. The Balaban J connectivity index is 1.55. The molecule has 1 saturated carbocycles. The largest absolute Gasteiger partial charge is 0.490 e. The van der Waals surface area contributed by atoms with Crippen LogP contribution in [0.15, 0.2) is 30.6 Å². The van der Waals surface area contributed by atoms with E-state index in [-0.39, 0.29) is 6.04 Å². The average molecular weight is 339 g/mol. The zero-order valence-electron chi connectivity index (χ0n) is 14.1. The summed E-state index contributed by atoms with van der Waals surface area (Å²) >= 11 is 0. The lowest BCUT2D eigenvalue weighted by Crippen LogP contribution is -2.32. The van der Waals surface area contributed by atoms with Crippen LogP contribution in [0.2, 0.25) is 0 Å². The summed E-state index contributed by atoms with van der Waals surface area (Å²) in [6, 6.07) is 7.49. The second-order valence-electron chi connectivity index (χ2n) is 6.81. The third-order valence-electron chi connectivity index (χ3n) is 4.78. The van der Waals surface area contributed by atoms with Crippen LogP contribution in [0.3, 0.4) is 0 Å². The third-order valence-corrected chi connectivity index (χ3v) is 4.78. The van der Waals surface area contributed by atoms with Crippen molar-refractivity contribution in [3.63, 3.8) is 0 Å². The summed E-state index contributed by atoms with van der Waals surface area (Å²) < 4.78 is 5.89. The maximum absolute atomic E-state index is 11.1. The number of nitrogens with zero attached hydrogens (tertiary/aromatic N) is 2. The molecule has 4 rings (SSSR count). The minimum Gasteiger partial charge on any atom is -0.490 e. The molecule has 0 bridgehead atoms. The molecule has 2 aromatic rings. The zero-order valence-corrected chi connectivity index (χ0v) is 14.1. The number of aliphatic carboxylic acids is 1. The molecular weight excluding hydrogens is 318 g/mol. The van der Waals surface area contributed by atoms with Gasteiger partial charge in [0.25, 0.3) is 0 Å². The number of hydrogen-bond acceptors (Lipinski definition) is 5. The summed E-state index contributed by atoms with van der Waals surface area (Å²) in [5.74, 6) is 0.126. The monoisotopic (exact) mass is 339 g/mol. The van der Waals surface area contributed by atoms with Gasteiger partial charge in [0, 0.05) is 5.56 Å². The van der Waals surface area contributed by atoms with E-state index >= 15 is 0 Å². The summed E-state index contributed by atoms with van der Waals surface area (Å²) in [6.45, 7) is 2.04. The van der Waals surface area contributed by atoms with E-state index in [4.69, 9.17) is 9.84 Å². The summed E-state index contributed by atoms with van der Waals surface area (Å²) in [5.41, 5.74) is 3.78. The zero-order chi connectivity index (χ0) is 17.4. The molecule has 2 atom stereocenters. The summed E-state index contributed by atoms with van der Waals surface area (Å²) in [7, 11) is 0. The van der Waals surface area contributed by atoms with Crippen molar-refractivity contribution in [3.8, 4) is 17.0 Å². The Labute approximate surface area is 146 Å². The normalized spacial score (nSPS) is 22.8. The van der Waals surface area contributed by atoms with E-state index in [2.05, 4.69) is 21.4 Å². The fourth-order valence-corrected chi connectivity index (χ4v) is 3.20. The molecule has 130 valence electrons. The van der Waals surface area contributed by atoms with Gasteiger partial charge >= 0.3 is 5.97 Å². The molecule has 2 heterocycles. The molecular formula is C19H21N3O3. The quantitative estimate of drug-likeness (QED) is 0.871. The van der Waals surface area contributed by atoms with Crippen molar-refractivity contribution in [2.24, 2.45) is 0 Å². The van der Waals surface area contributed by atoms with Crippen LogP contribution in [-0.4, -0.2) is 33.2 Å². The fraction of sp³-hybridized carbons (Fsp3) is 0.421. The van der Waals surface area contributed by atoms with Crippen molar-refractivity contribution < 1.29 is 14.6 Å². The van der Waals surface area contributed by atoms with Gasteiger partial charge < -0.3 is 9.84 Å². The molecule has 0 spiro atoms. The third kappa shape index (κ3) is 3.49.